The van der Waals surface area contributed by atoms with E-state index in [0.717, 1.165) is 17.7 Å². The fourth-order valence-electron chi connectivity index (χ4n) is 3.38. The maximum atomic E-state index is 14.1. The Morgan fingerprint density at radius 3 is 3.15 bits per heavy atom. The molecule has 142 valence electrons. The molecule has 4 rings (SSSR count). The molecule has 0 saturated carbocycles. The van der Waals surface area contributed by atoms with Gasteiger partial charge in [-0.15, -0.1) is 0 Å². The Kier molecular flexibility index (Phi) is 4.79. The molecule has 1 N–H and O–H groups in total. The Hall–Kier alpha value is -2.52. The van der Waals surface area contributed by atoms with E-state index in [4.69, 9.17) is 4.74 Å². The van der Waals surface area contributed by atoms with Crippen LogP contribution < -0.4 is 10.1 Å². The summed E-state index contributed by atoms with van der Waals surface area (Å²) in [7, 11) is 0. The van der Waals surface area contributed by atoms with Crippen LogP contribution in [-0.4, -0.2) is 44.1 Å². The second-order valence-electron chi connectivity index (χ2n) is 6.70. The van der Waals surface area contributed by atoms with Gasteiger partial charge in [-0.3, -0.25) is 9.69 Å². The molecule has 2 atom stereocenters. The smallest absolute Gasteiger partial charge is 0.230 e. The Morgan fingerprint density at radius 2 is 2.33 bits per heavy atom. The Balaban J connectivity index is 1.43. The first kappa shape index (κ1) is 17.9. The summed E-state index contributed by atoms with van der Waals surface area (Å²) in [5.41, 5.74) is 0.928. The van der Waals surface area contributed by atoms with Gasteiger partial charge in [0.1, 0.15) is 17.4 Å². The van der Waals surface area contributed by atoms with Crippen molar-refractivity contribution in [1.82, 2.24) is 19.5 Å². The quantitative estimate of drug-likeness (QED) is 0.726. The summed E-state index contributed by atoms with van der Waals surface area (Å²) in [6.07, 6.45) is 4.50. The lowest BCUT2D eigenvalue weighted by Gasteiger charge is -2.19. The van der Waals surface area contributed by atoms with Gasteiger partial charge in [0.25, 0.3) is 0 Å². The molecule has 0 spiro atoms. The molecule has 0 aliphatic carbocycles. The number of amides is 1. The SMILES string of the molecule is CC(=O)Nc1nc(F)c(CN2CC(Oc3cccn4nccc34)CC2C)s1. The van der Waals surface area contributed by atoms with E-state index in [1.165, 1.54) is 18.3 Å². The van der Waals surface area contributed by atoms with Crippen LogP contribution in [0.1, 0.15) is 25.1 Å². The second-order valence-corrected chi connectivity index (χ2v) is 7.79. The van der Waals surface area contributed by atoms with Crippen LogP contribution in [0, 0.1) is 5.95 Å². The lowest BCUT2D eigenvalue weighted by molar-refractivity contribution is -0.114. The summed E-state index contributed by atoms with van der Waals surface area (Å²) in [4.78, 5) is 17.6. The van der Waals surface area contributed by atoms with Crippen molar-refractivity contribution in [3.05, 3.63) is 41.4 Å². The van der Waals surface area contributed by atoms with Crippen LogP contribution in [-0.2, 0) is 11.3 Å². The van der Waals surface area contributed by atoms with Crippen LogP contribution in [0.15, 0.2) is 30.6 Å². The summed E-state index contributed by atoms with van der Waals surface area (Å²) in [6, 6.07) is 6.02. The molecule has 0 aromatic carbocycles. The number of likely N-dealkylation sites (tertiary alicyclic amines) is 1. The number of nitrogens with zero attached hydrogens (tertiary/aromatic N) is 4. The van der Waals surface area contributed by atoms with Crippen molar-refractivity contribution < 1.29 is 13.9 Å². The average molecular weight is 389 g/mol. The minimum Gasteiger partial charge on any atom is -0.487 e. The van der Waals surface area contributed by atoms with E-state index in [1.807, 2.05) is 24.4 Å². The highest BCUT2D eigenvalue weighted by atomic mass is 32.1. The monoisotopic (exact) mass is 389 g/mol. The van der Waals surface area contributed by atoms with Crippen LogP contribution in [0.3, 0.4) is 0 Å². The number of carbonyl (C=O) groups is 1. The van der Waals surface area contributed by atoms with Crippen molar-refractivity contribution in [2.45, 2.75) is 39.0 Å². The topological polar surface area (TPSA) is 71.8 Å². The molecule has 7 nitrogen and oxygen atoms in total. The molecule has 1 aliphatic rings. The molecule has 3 aromatic rings. The van der Waals surface area contributed by atoms with Crippen LogP contribution in [0.5, 0.6) is 5.75 Å². The molecule has 9 heteroatoms. The van der Waals surface area contributed by atoms with Gasteiger partial charge in [-0.2, -0.15) is 14.5 Å². The maximum absolute atomic E-state index is 14.1. The van der Waals surface area contributed by atoms with Crippen molar-refractivity contribution in [1.29, 1.82) is 0 Å². The third kappa shape index (κ3) is 3.79. The van der Waals surface area contributed by atoms with Gasteiger partial charge >= 0.3 is 0 Å². The van der Waals surface area contributed by atoms with Gasteiger partial charge in [0.05, 0.1) is 11.1 Å². The number of hydrogen-bond acceptors (Lipinski definition) is 6. The normalized spacial score (nSPS) is 20.3. The van der Waals surface area contributed by atoms with Gasteiger partial charge in [0.15, 0.2) is 5.13 Å². The van der Waals surface area contributed by atoms with Crippen molar-refractivity contribution in [2.24, 2.45) is 0 Å². The van der Waals surface area contributed by atoms with Crippen LogP contribution in [0.4, 0.5) is 9.52 Å². The van der Waals surface area contributed by atoms with E-state index in [-0.39, 0.29) is 18.1 Å². The van der Waals surface area contributed by atoms with Crippen molar-refractivity contribution >= 4 is 27.9 Å². The standard InChI is InChI=1S/C18H20FN5O2S/c1-11-8-13(26-15-4-3-7-24-14(15)5-6-20-24)9-23(11)10-16-17(19)22-18(27-16)21-12(2)25/h3-7,11,13H,8-10H2,1-2H3,(H,21,22,25). The first-order valence-corrected chi connectivity index (χ1v) is 9.57. The van der Waals surface area contributed by atoms with Crippen molar-refractivity contribution in [3.63, 3.8) is 0 Å². The number of rotatable bonds is 5. The highest BCUT2D eigenvalue weighted by molar-refractivity contribution is 7.15. The number of nitrogens with one attached hydrogen (secondary N) is 1. The largest absolute Gasteiger partial charge is 0.487 e. The van der Waals surface area contributed by atoms with Crippen molar-refractivity contribution in [2.75, 3.05) is 11.9 Å². The van der Waals surface area contributed by atoms with Crippen LogP contribution in [0.25, 0.3) is 5.52 Å². The highest BCUT2D eigenvalue weighted by Crippen LogP contribution is 2.29. The van der Waals surface area contributed by atoms with E-state index < -0.39 is 5.95 Å². The van der Waals surface area contributed by atoms with Gasteiger partial charge in [-0.1, -0.05) is 11.3 Å². The van der Waals surface area contributed by atoms with E-state index in [2.05, 4.69) is 27.2 Å². The molecule has 3 aromatic heterocycles. The van der Waals surface area contributed by atoms with Gasteiger partial charge < -0.3 is 10.1 Å². The summed E-state index contributed by atoms with van der Waals surface area (Å²) in [6.45, 7) is 4.63. The summed E-state index contributed by atoms with van der Waals surface area (Å²) in [5, 5.41) is 7.05. The van der Waals surface area contributed by atoms with E-state index in [0.29, 0.717) is 23.1 Å². The van der Waals surface area contributed by atoms with Crippen LogP contribution >= 0.6 is 11.3 Å². The number of carbonyl (C=O) groups excluding carboxylic acids is 1. The minimum atomic E-state index is -0.524. The first-order chi connectivity index (χ1) is 13.0. The predicted octanol–water partition coefficient (Wildman–Crippen LogP) is 2.93. The lowest BCUT2D eigenvalue weighted by atomic mass is 10.2. The fourth-order valence-corrected chi connectivity index (χ4v) is 4.29. The van der Waals surface area contributed by atoms with E-state index in [1.54, 1.807) is 10.7 Å². The number of ether oxygens (including phenoxy) is 1. The van der Waals surface area contributed by atoms with Gasteiger partial charge in [0, 0.05) is 38.7 Å². The first-order valence-electron chi connectivity index (χ1n) is 8.75. The van der Waals surface area contributed by atoms with Crippen molar-refractivity contribution in [3.8, 4) is 5.75 Å². The number of thiazole rings is 1. The van der Waals surface area contributed by atoms with Crippen LogP contribution in [0.2, 0.25) is 0 Å². The number of aromatic nitrogens is 3. The molecule has 27 heavy (non-hydrogen) atoms. The predicted molar refractivity (Wildman–Crippen MR) is 100 cm³/mol. The molecule has 1 amide bonds. The number of fused-ring (bicyclic) bond motifs is 1. The molecule has 1 saturated heterocycles. The molecule has 2 unspecified atom stereocenters. The third-order valence-corrected chi connectivity index (χ3v) is 5.57. The zero-order chi connectivity index (χ0) is 19.0. The average Bonchev–Trinajstić information content (AvgIpc) is 3.29. The zero-order valence-electron chi connectivity index (χ0n) is 15.1. The lowest BCUT2D eigenvalue weighted by Crippen LogP contribution is -2.28. The molecule has 1 aliphatic heterocycles. The Morgan fingerprint density at radius 1 is 1.48 bits per heavy atom. The Labute approximate surface area is 159 Å². The molecule has 1 fully saturated rings. The molecular formula is C18H20FN5O2S. The summed E-state index contributed by atoms with van der Waals surface area (Å²) >= 11 is 1.17. The van der Waals surface area contributed by atoms with E-state index >= 15 is 0 Å². The summed E-state index contributed by atoms with van der Waals surface area (Å²) in [5.74, 6) is 0.0164. The number of hydrogen-bond donors (Lipinski definition) is 1. The summed E-state index contributed by atoms with van der Waals surface area (Å²) < 4.78 is 22.1. The van der Waals surface area contributed by atoms with Gasteiger partial charge in [-0.05, 0) is 25.1 Å². The fraction of sp³-hybridized carbons (Fsp3) is 0.389. The number of halogens is 1. The number of pyridine rings is 1. The highest BCUT2D eigenvalue weighted by Gasteiger charge is 2.32. The Bertz CT molecular complexity index is 972. The molecule has 4 heterocycles. The molecule has 0 radical (unpaired) electrons. The zero-order valence-corrected chi connectivity index (χ0v) is 15.9. The maximum Gasteiger partial charge on any atom is 0.230 e. The third-order valence-electron chi connectivity index (χ3n) is 4.64. The molecule has 0 bridgehead atoms. The van der Waals surface area contributed by atoms with Gasteiger partial charge in [-0.25, -0.2) is 4.52 Å². The minimum absolute atomic E-state index is 0.0203. The number of anilines is 1. The second kappa shape index (κ2) is 7.24. The van der Waals surface area contributed by atoms with Gasteiger partial charge in [0.2, 0.25) is 11.9 Å². The van der Waals surface area contributed by atoms with E-state index in [9.17, 15) is 9.18 Å². The molecular weight excluding hydrogens is 369 g/mol.